The van der Waals surface area contributed by atoms with Gasteiger partial charge < -0.3 is 14.6 Å². The van der Waals surface area contributed by atoms with E-state index in [2.05, 4.69) is 16.4 Å². The number of nitriles is 1. The molecular formula is C28H33F3N4O4S. The summed E-state index contributed by atoms with van der Waals surface area (Å²) in [6, 6.07) is 9.26. The van der Waals surface area contributed by atoms with E-state index in [1.165, 1.54) is 0 Å². The third-order valence-corrected chi connectivity index (χ3v) is 10.1. The fourth-order valence-electron chi connectivity index (χ4n) is 5.46. The predicted molar refractivity (Wildman–Crippen MR) is 142 cm³/mol. The van der Waals surface area contributed by atoms with E-state index >= 15 is 0 Å². The lowest BCUT2D eigenvalue weighted by atomic mass is 9.76. The number of aromatic nitrogens is 1. The highest BCUT2D eigenvalue weighted by Gasteiger charge is 2.53. The van der Waals surface area contributed by atoms with E-state index in [1.807, 2.05) is 4.90 Å². The Labute approximate surface area is 231 Å². The number of hydrogen-bond acceptors (Lipinski definition) is 7. The molecule has 1 N–H and O–H groups in total. The van der Waals surface area contributed by atoms with E-state index in [0.29, 0.717) is 44.3 Å². The number of hydrogen-bond donors (Lipinski definition) is 1. The van der Waals surface area contributed by atoms with Gasteiger partial charge in [-0.25, -0.2) is 13.4 Å². The van der Waals surface area contributed by atoms with Gasteiger partial charge in [0.2, 0.25) is 11.8 Å². The third-order valence-electron chi connectivity index (χ3n) is 8.51. The number of amides is 1. The summed E-state index contributed by atoms with van der Waals surface area (Å²) in [5, 5.41) is 12.3. The molecule has 2 heterocycles. The number of benzene rings is 1. The van der Waals surface area contributed by atoms with Crippen LogP contribution in [-0.2, 0) is 20.0 Å². The van der Waals surface area contributed by atoms with Crippen molar-refractivity contribution in [3.8, 4) is 17.3 Å². The first-order valence-electron chi connectivity index (χ1n) is 13.6. The molecule has 2 saturated carbocycles. The van der Waals surface area contributed by atoms with Gasteiger partial charge in [0.1, 0.15) is 22.4 Å². The Balaban J connectivity index is 1.51. The molecule has 1 amide bonds. The average Bonchev–Trinajstić information content (AvgIpc) is 3.54. The smallest absolute Gasteiger partial charge is 0.402 e. The van der Waals surface area contributed by atoms with Crippen LogP contribution in [0, 0.1) is 17.2 Å². The van der Waals surface area contributed by atoms with Gasteiger partial charge in [-0.3, -0.25) is 4.79 Å². The van der Waals surface area contributed by atoms with Gasteiger partial charge in [0.05, 0.1) is 17.6 Å². The van der Waals surface area contributed by atoms with Gasteiger partial charge in [0.25, 0.3) is 0 Å². The Morgan fingerprint density at radius 2 is 1.75 bits per heavy atom. The number of nitrogens with zero attached hydrogens (tertiary/aromatic N) is 3. The monoisotopic (exact) mass is 578 g/mol. The molecule has 2 aliphatic carbocycles. The van der Waals surface area contributed by atoms with Crippen LogP contribution in [0.4, 0.5) is 18.9 Å². The average molecular weight is 579 g/mol. The number of halogens is 3. The van der Waals surface area contributed by atoms with Crippen LogP contribution in [0.5, 0.6) is 0 Å². The van der Waals surface area contributed by atoms with Crippen molar-refractivity contribution in [2.75, 3.05) is 29.5 Å². The van der Waals surface area contributed by atoms with E-state index < -0.39 is 44.7 Å². The molecule has 2 atom stereocenters. The summed E-state index contributed by atoms with van der Waals surface area (Å²) in [6.07, 6.45) is -0.789. The summed E-state index contributed by atoms with van der Waals surface area (Å²) in [7, 11) is -3.04. The summed E-state index contributed by atoms with van der Waals surface area (Å²) in [4.78, 5) is 19.7. The minimum atomic E-state index is -4.61. The fourth-order valence-corrected chi connectivity index (χ4v) is 6.66. The molecule has 12 heteroatoms. The zero-order valence-electron chi connectivity index (χ0n) is 22.6. The van der Waals surface area contributed by atoms with Crippen molar-refractivity contribution in [3.05, 3.63) is 35.9 Å². The number of rotatable bonds is 6. The number of anilines is 1. The summed E-state index contributed by atoms with van der Waals surface area (Å²) in [6.45, 7) is 2.77. The van der Waals surface area contributed by atoms with Crippen molar-refractivity contribution >= 4 is 21.4 Å². The SMILES string of the molecule is CC(C)(c1nc(-c2ccc(N3CCS(=O)(=O)CC3)cc2)c(C2CCCCC2C(=O)NC2(C#N)CC2)o1)C(F)(F)F. The zero-order valence-corrected chi connectivity index (χ0v) is 23.4. The molecule has 2 aromatic rings. The van der Waals surface area contributed by atoms with Crippen LogP contribution in [0.2, 0.25) is 0 Å². The number of carbonyl (C=O) groups excluding carboxylic acids is 1. The molecule has 1 aliphatic heterocycles. The highest BCUT2D eigenvalue weighted by molar-refractivity contribution is 7.91. The molecule has 3 aliphatic rings. The van der Waals surface area contributed by atoms with Crippen LogP contribution >= 0.6 is 0 Å². The summed E-state index contributed by atoms with van der Waals surface area (Å²) in [5.41, 5.74) is -1.58. The minimum absolute atomic E-state index is 0.0658. The second-order valence-electron chi connectivity index (χ2n) is 11.7. The molecule has 1 aromatic heterocycles. The summed E-state index contributed by atoms with van der Waals surface area (Å²) >= 11 is 0. The van der Waals surface area contributed by atoms with Crippen LogP contribution < -0.4 is 10.2 Å². The van der Waals surface area contributed by atoms with Crippen molar-refractivity contribution in [3.63, 3.8) is 0 Å². The molecule has 1 aromatic carbocycles. The van der Waals surface area contributed by atoms with Crippen LogP contribution in [0.3, 0.4) is 0 Å². The lowest BCUT2D eigenvalue weighted by Gasteiger charge is -2.30. The standard InChI is InChI=1S/C28H33F3N4O4S/c1-26(2,28(29,30)31)25-33-22(18-7-9-19(10-8-18)35-13-15-40(37,38)16-14-35)23(39-25)20-5-3-4-6-21(20)24(36)34-27(17-32)11-12-27/h7-10,20-21H,3-6,11-16H2,1-2H3,(H,34,36). The molecule has 216 valence electrons. The molecule has 2 unspecified atom stereocenters. The third kappa shape index (κ3) is 5.45. The van der Waals surface area contributed by atoms with Crippen molar-refractivity contribution in [2.24, 2.45) is 5.92 Å². The normalized spacial score (nSPS) is 24.2. The lowest BCUT2D eigenvalue weighted by Crippen LogP contribution is -2.42. The highest BCUT2D eigenvalue weighted by atomic mass is 32.2. The van der Waals surface area contributed by atoms with E-state index in [0.717, 1.165) is 32.4 Å². The molecule has 8 nitrogen and oxygen atoms in total. The maximum absolute atomic E-state index is 14.0. The number of carbonyl (C=O) groups is 1. The molecule has 0 radical (unpaired) electrons. The second kappa shape index (κ2) is 10.1. The molecular weight excluding hydrogens is 545 g/mol. The van der Waals surface area contributed by atoms with Crippen molar-refractivity contribution in [1.82, 2.24) is 10.3 Å². The predicted octanol–water partition coefficient (Wildman–Crippen LogP) is 4.86. The quantitative estimate of drug-likeness (QED) is 0.520. The van der Waals surface area contributed by atoms with Crippen LogP contribution in [0.25, 0.3) is 11.3 Å². The molecule has 3 fully saturated rings. The summed E-state index contributed by atoms with van der Waals surface area (Å²) < 4.78 is 71.6. The van der Waals surface area contributed by atoms with Gasteiger partial charge >= 0.3 is 6.18 Å². The van der Waals surface area contributed by atoms with Crippen LogP contribution in [0.15, 0.2) is 28.7 Å². The van der Waals surface area contributed by atoms with E-state index in [1.54, 1.807) is 24.3 Å². The molecule has 5 rings (SSSR count). The van der Waals surface area contributed by atoms with Gasteiger partial charge in [-0.15, -0.1) is 0 Å². The van der Waals surface area contributed by atoms with Crippen molar-refractivity contribution in [1.29, 1.82) is 5.26 Å². The number of oxazole rings is 1. The molecule has 40 heavy (non-hydrogen) atoms. The van der Waals surface area contributed by atoms with E-state index in [-0.39, 0.29) is 28.9 Å². The van der Waals surface area contributed by atoms with Gasteiger partial charge in [0.15, 0.2) is 9.84 Å². The molecule has 0 bridgehead atoms. The second-order valence-corrected chi connectivity index (χ2v) is 14.0. The summed E-state index contributed by atoms with van der Waals surface area (Å²) in [5.74, 6) is -1.40. The minimum Gasteiger partial charge on any atom is -0.444 e. The number of alkyl halides is 3. The molecule has 1 saturated heterocycles. The largest absolute Gasteiger partial charge is 0.444 e. The number of sulfone groups is 1. The maximum Gasteiger partial charge on any atom is 0.402 e. The Kier molecular flexibility index (Phi) is 7.18. The maximum atomic E-state index is 14.0. The molecule has 0 spiro atoms. The van der Waals surface area contributed by atoms with Gasteiger partial charge in [-0.05, 0) is 51.7 Å². The topological polar surface area (TPSA) is 116 Å². The highest BCUT2D eigenvalue weighted by Crippen LogP contribution is 2.47. The van der Waals surface area contributed by atoms with E-state index in [9.17, 15) is 31.6 Å². The lowest BCUT2D eigenvalue weighted by molar-refractivity contribution is -0.186. The number of nitrogens with one attached hydrogen (secondary N) is 1. The van der Waals surface area contributed by atoms with Crippen molar-refractivity contribution in [2.45, 2.75) is 75.4 Å². The van der Waals surface area contributed by atoms with Gasteiger partial charge in [-0.1, -0.05) is 25.0 Å². The van der Waals surface area contributed by atoms with Crippen molar-refractivity contribution < 1.29 is 30.8 Å². The van der Waals surface area contributed by atoms with Crippen LogP contribution in [0.1, 0.15) is 69.9 Å². The Hall–Kier alpha value is -3.07. The first-order chi connectivity index (χ1) is 18.8. The Morgan fingerprint density at radius 3 is 2.33 bits per heavy atom. The van der Waals surface area contributed by atoms with Gasteiger partial charge in [0, 0.05) is 36.2 Å². The Morgan fingerprint density at radius 1 is 1.12 bits per heavy atom. The fraction of sp³-hybridized carbons (Fsp3) is 0.607. The van der Waals surface area contributed by atoms with Gasteiger partial charge in [-0.2, -0.15) is 18.4 Å². The zero-order chi connectivity index (χ0) is 28.9. The Bertz CT molecular complexity index is 1410. The first-order valence-corrected chi connectivity index (χ1v) is 15.4. The van der Waals surface area contributed by atoms with E-state index in [4.69, 9.17) is 4.42 Å². The first kappa shape index (κ1) is 28.5. The van der Waals surface area contributed by atoms with Crippen LogP contribution in [-0.4, -0.2) is 55.6 Å².